The van der Waals surface area contributed by atoms with Crippen LogP contribution in [0.15, 0.2) is 35.4 Å². The van der Waals surface area contributed by atoms with Gasteiger partial charge in [-0.1, -0.05) is 57.5 Å². The summed E-state index contributed by atoms with van der Waals surface area (Å²) in [6.45, 7) is 18.4. The molecule has 0 heterocycles. The third-order valence-electron chi connectivity index (χ3n) is 5.61. The van der Waals surface area contributed by atoms with Crippen LogP contribution in [0.5, 0.6) is 0 Å². The molecule has 0 nitrogen and oxygen atoms in total. The second-order valence-electron chi connectivity index (χ2n) is 8.36. The van der Waals surface area contributed by atoms with Gasteiger partial charge in [-0.25, -0.2) is 0 Å². The third kappa shape index (κ3) is 2.93. The molecule has 0 unspecified atom stereocenters. The van der Waals surface area contributed by atoms with Crippen LogP contribution < -0.4 is 0 Å². The Bertz CT molecular complexity index is 632. The number of hydrogen-bond acceptors (Lipinski definition) is 0. The Morgan fingerprint density at radius 1 is 0.909 bits per heavy atom. The number of hydrogen-bond donors (Lipinski definition) is 0. The van der Waals surface area contributed by atoms with Crippen molar-refractivity contribution < 1.29 is 0 Å². The SMILES string of the molecule is C/C=C(\C(C)=C(C)C)c1ccc2c(c1)C(C)(C)CCC2(C)C. The maximum atomic E-state index is 2.46. The molecule has 1 aliphatic rings. The summed E-state index contributed by atoms with van der Waals surface area (Å²) in [5.74, 6) is 0. The van der Waals surface area contributed by atoms with Crippen molar-refractivity contribution in [3.8, 4) is 0 Å². The van der Waals surface area contributed by atoms with Gasteiger partial charge in [0.1, 0.15) is 0 Å². The van der Waals surface area contributed by atoms with E-state index in [2.05, 4.69) is 79.7 Å². The Morgan fingerprint density at radius 3 is 1.95 bits per heavy atom. The van der Waals surface area contributed by atoms with Crippen molar-refractivity contribution in [3.63, 3.8) is 0 Å². The first-order valence-corrected chi connectivity index (χ1v) is 8.56. The molecule has 0 radical (unpaired) electrons. The third-order valence-corrected chi connectivity index (χ3v) is 5.61. The molecule has 0 amide bonds. The van der Waals surface area contributed by atoms with Crippen LogP contribution in [0.4, 0.5) is 0 Å². The highest BCUT2D eigenvalue weighted by molar-refractivity contribution is 5.79. The van der Waals surface area contributed by atoms with Crippen LogP contribution in [0.1, 0.15) is 84.9 Å². The summed E-state index contributed by atoms with van der Waals surface area (Å²) in [7, 11) is 0. The predicted octanol–water partition coefficient (Wildman–Crippen LogP) is 6.80. The Hall–Kier alpha value is -1.30. The fourth-order valence-electron chi connectivity index (χ4n) is 3.63. The Kier molecular flexibility index (Phi) is 4.44. The Balaban J connectivity index is 2.63. The highest BCUT2D eigenvalue weighted by atomic mass is 14.4. The van der Waals surface area contributed by atoms with Crippen LogP contribution in [0.2, 0.25) is 0 Å². The van der Waals surface area contributed by atoms with E-state index in [-0.39, 0.29) is 5.41 Å². The normalized spacial score (nSPS) is 19.5. The fourth-order valence-corrected chi connectivity index (χ4v) is 3.63. The number of benzene rings is 1. The molecule has 120 valence electrons. The molecule has 0 heteroatoms. The van der Waals surface area contributed by atoms with Gasteiger partial charge in [0.2, 0.25) is 0 Å². The van der Waals surface area contributed by atoms with Gasteiger partial charge in [-0.2, -0.15) is 0 Å². The molecule has 0 N–H and O–H groups in total. The van der Waals surface area contributed by atoms with Crippen LogP contribution in [0.25, 0.3) is 5.57 Å². The first-order valence-electron chi connectivity index (χ1n) is 8.56. The van der Waals surface area contributed by atoms with E-state index in [4.69, 9.17) is 0 Å². The van der Waals surface area contributed by atoms with Gasteiger partial charge in [-0.15, -0.1) is 0 Å². The molecule has 0 saturated carbocycles. The maximum Gasteiger partial charge on any atom is -0.0100 e. The average molecular weight is 296 g/mol. The minimum atomic E-state index is 0.276. The minimum Gasteiger partial charge on any atom is -0.0795 e. The lowest BCUT2D eigenvalue weighted by molar-refractivity contribution is 0.332. The summed E-state index contributed by atoms with van der Waals surface area (Å²) >= 11 is 0. The van der Waals surface area contributed by atoms with E-state index < -0.39 is 0 Å². The molecule has 22 heavy (non-hydrogen) atoms. The summed E-state index contributed by atoms with van der Waals surface area (Å²) in [6, 6.07) is 7.16. The van der Waals surface area contributed by atoms with Gasteiger partial charge in [-0.3, -0.25) is 0 Å². The number of allylic oxidation sites excluding steroid dienone is 4. The monoisotopic (exact) mass is 296 g/mol. The molecule has 0 bridgehead atoms. The van der Waals surface area contributed by atoms with E-state index in [1.165, 1.54) is 40.7 Å². The standard InChI is InChI=1S/C22H32/c1-9-18(16(4)15(2)3)17-10-11-19-20(14-17)22(7,8)13-12-21(19,5)6/h9-11,14H,12-13H2,1-8H3/b18-9+. The van der Waals surface area contributed by atoms with Crippen molar-refractivity contribution in [1.29, 1.82) is 0 Å². The van der Waals surface area contributed by atoms with Crippen LogP contribution in [-0.4, -0.2) is 0 Å². The first kappa shape index (κ1) is 17.1. The first-order chi connectivity index (χ1) is 10.1. The van der Waals surface area contributed by atoms with Crippen molar-refractivity contribution in [3.05, 3.63) is 52.1 Å². The maximum absolute atomic E-state index is 2.46. The summed E-state index contributed by atoms with van der Waals surface area (Å²) in [5.41, 5.74) is 9.19. The molecule has 0 aromatic heterocycles. The largest absolute Gasteiger partial charge is 0.0795 e. The highest BCUT2D eigenvalue weighted by Gasteiger charge is 2.37. The lowest BCUT2D eigenvalue weighted by Crippen LogP contribution is -2.33. The van der Waals surface area contributed by atoms with Crippen molar-refractivity contribution in [2.75, 3.05) is 0 Å². The predicted molar refractivity (Wildman–Crippen MR) is 99.4 cm³/mol. The molecular weight excluding hydrogens is 264 g/mol. The van der Waals surface area contributed by atoms with Gasteiger partial charge in [0.15, 0.2) is 0 Å². The quantitative estimate of drug-likeness (QED) is 0.527. The van der Waals surface area contributed by atoms with Crippen LogP contribution >= 0.6 is 0 Å². The zero-order chi connectivity index (χ0) is 16.7. The van der Waals surface area contributed by atoms with Gasteiger partial charge in [0, 0.05) is 0 Å². The van der Waals surface area contributed by atoms with Crippen molar-refractivity contribution in [1.82, 2.24) is 0 Å². The molecule has 0 aliphatic heterocycles. The molecule has 1 aromatic carbocycles. The fraction of sp³-hybridized carbons (Fsp3) is 0.545. The summed E-state index contributed by atoms with van der Waals surface area (Å²) < 4.78 is 0. The molecule has 0 spiro atoms. The van der Waals surface area contributed by atoms with Crippen LogP contribution in [0.3, 0.4) is 0 Å². The zero-order valence-electron chi connectivity index (χ0n) is 15.7. The van der Waals surface area contributed by atoms with Crippen molar-refractivity contribution in [2.45, 2.75) is 79.1 Å². The van der Waals surface area contributed by atoms with Crippen molar-refractivity contribution >= 4 is 5.57 Å². The lowest BCUT2D eigenvalue weighted by Gasteiger charge is -2.42. The minimum absolute atomic E-state index is 0.276. The summed E-state index contributed by atoms with van der Waals surface area (Å²) in [6.07, 6.45) is 4.80. The molecule has 1 aromatic rings. The second-order valence-corrected chi connectivity index (χ2v) is 8.36. The van der Waals surface area contributed by atoms with Gasteiger partial charge in [-0.05, 0) is 79.2 Å². The Labute approximate surface area is 137 Å². The van der Waals surface area contributed by atoms with Crippen LogP contribution in [-0.2, 0) is 10.8 Å². The van der Waals surface area contributed by atoms with E-state index in [0.717, 1.165) is 0 Å². The number of fused-ring (bicyclic) bond motifs is 1. The molecule has 2 rings (SSSR count). The van der Waals surface area contributed by atoms with E-state index in [1.807, 2.05) is 0 Å². The topological polar surface area (TPSA) is 0 Å². The van der Waals surface area contributed by atoms with Gasteiger partial charge < -0.3 is 0 Å². The molecular formula is C22H32. The smallest absolute Gasteiger partial charge is 0.0100 e. The van der Waals surface area contributed by atoms with E-state index in [9.17, 15) is 0 Å². The Morgan fingerprint density at radius 2 is 1.45 bits per heavy atom. The summed E-state index contributed by atoms with van der Waals surface area (Å²) in [5, 5.41) is 0. The molecule has 0 fully saturated rings. The van der Waals surface area contributed by atoms with Gasteiger partial charge in [0.25, 0.3) is 0 Å². The lowest BCUT2D eigenvalue weighted by atomic mass is 9.63. The molecule has 0 saturated heterocycles. The summed E-state index contributed by atoms with van der Waals surface area (Å²) in [4.78, 5) is 0. The second kappa shape index (κ2) is 5.72. The number of rotatable bonds is 2. The van der Waals surface area contributed by atoms with Gasteiger partial charge in [0.05, 0.1) is 0 Å². The van der Waals surface area contributed by atoms with E-state index >= 15 is 0 Å². The van der Waals surface area contributed by atoms with Gasteiger partial charge >= 0.3 is 0 Å². The molecule has 0 atom stereocenters. The molecule has 1 aliphatic carbocycles. The van der Waals surface area contributed by atoms with E-state index in [1.54, 1.807) is 5.56 Å². The van der Waals surface area contributed by atoms with Crippen LogP contribution in [0, 0.1) is 0 Å². The van der Waals surface area contributed by atoms with E-state index in [0.29, 0.717) is 5.41 Å². The van der Waals surface area contributed by atoms with Crippen molar-refractivity contribution in [2.24, 2.45) is 0 Å². The zero-order valence-corrected chi connectivity index (χ0v) is 15.7. The average Bonchev–Trinajstić information content (AvgIpc) is 2.44. The highest BCUT2D eigenvalue weighted by Crippen LogP contribution is 2.46.